The van der Waals surface area contributed by atoms with Crippen molar-refractivity contribution in [1.29, 1.82) is 0 Å². The van der Waals surface area contributed by atoms with Crippen LogP contribution in [0.2, 0.25) is 0 Å². The zero-order chi connectivity index (χ0) is 13.7. The third-order valence-corrected chi connectivity index (χ3v) is 3.79. The molecule has 3 atom stereocenters. The molecule has 4 nitrogen and oxygen atoms in total. The third kappa shape index (κ3) is 3.47. The van der Waals surface area contributed by atoms with Crippen LogP contribution >= 0.6 is 0 Å². The summed E-state index contributed by atoms with van der Waals surface area (Å²) in [5, 5.41) is 9.24. The van der Waals surface area contributed by atoms with Gasteiger partial charge in [0.1, 0.15) is 5.75 Å². The topological polar surface area (TPSA) is 53.5 Å². The number of unbranched alkanes of at least 4 members (excludes halogenated alkanes) is 1. The molecule has 0 aromatic heterocycles. The van der Waals surface area contributed by atoms with Gasteiger partial charge in [-0.1, -0.05) is 32.4 Å². The van der Waals surface area contributed by atoms with Gasteiger partial charge in [-0.3, -0.25) is 5.43 Å². The Morgan fingerprint density at radius 1 is 1.21 bits per heavy atom. The first-order valence-electron chi connectivity index (χ1n) is 7.11. The van der Waals surface area contributed by atoms with E-state index in [2.05, 4.69) is 36.8 Å². The molecule has 3 unspecified atom stereocenters. The second-order valence-electron chi connectivity index (χ2n) is 5.19. The molecule has 0 spiro atoms. The van der Waals surface area contributed by atoms with Gasteiger partial charge >= 0.3 is 0 Å². The molecule has 106 valence electrons. The van der Waals surface area contributed by atoms with Crippen molar-refractivity contribution < 1.29 is 9.84 Å². The Morgan fingerprint density at radius 3 is 2.53 bits per heavy atom. The molecule has 1 fully saturated rings. The first-order chi connectivity index (χ1) is 9.26. The summed E-state index contributed by atoms with van der Waals surface area (Å²) >= 11 is 0. The SMILES string of the molecule is CCCCOc1ccc(C2NNC(CO)C2C)cc1. The maximum absolute atomic E-state index is 9.24. The van der Waals surface area contributed by atoms with Crippen LogP contribution in [0.1, 0.15) is 38.3 Å². The molecule has 4 heteroatoms. The van der Waals surface area contributed by atoms with Gasteiger partial charge in [-0.25, -0.2) is 5.43 Å². The summed E-state index contributed by atoms with van der Waals surface area (Å²) in [6.45, 7) is 5.24. The fraction of sp³-hybridized carbons (Fsp3) is 0.600. The van der Waals surface area contributed by atoms with Crippen molar-refractivity contribution in [3.8, 4) is 5.75 Å². The molecule has 1 aliphatic rings. The lowest BCUT2D eigenvalue weighted by Crippen LogP contribution is -2.34. The molecular weight excluding hydrogens is 240 g/mol. The maximum atomic E-state index is 9.24. The van der Waals surface area contributed by atoms with Gasteiger partial charge in [-0.2, -0.15) is 0 Å². The van der Waals surface area contributed by atoms with Crippen LogP contribution in [0.5, 0.6) is 5.75 Å². The van der Waals surface area contributed by atoms with E-state index in [1.807, 2.05) is 12.1 Å². The number of ether oxygens (including phenoxy) is 1. The molecule has 1 heterocycles. The lowest BCUT2D eigenvalue weighted by atomic mass is 9.91. The average Bonchev–Trinajstić information content (AvgIpc) is 2.81. The van der Waals surface area contributed by atoms with Crippen LogP contribution in [-0.4, -0.2) is 24.4 Å². The summed E-state index contributed by atoms with van der Waals surface area (Å²) in [5.74, 6) is 1.28. The molecule has 2 rings (SSSR count). The van der Waals surface area contributed by atoms with Gasteiger partial charge in [0.05, 0.1) is 19.3 Å². The van der Waals surface area contributed by atoms with Crippen molar-refractivity contribution >= 4 is 0 Å². The summed E-state index contributed by atoms with van der Waals surface area (Å²) in [6, 6.07) is 8.58. The van der Waals surface area contributed by atoms with E-state index in [0.717, 1.165) is 25.2 Å². The van der Waals surface area contributed by atoms with Gasteiger partial charge < -0.3 is 9.84 Å². The van der Waals surface area contributed by atoms with Crippen molar-refractivity contribution in [2.24, 2.45) is 5.92 Å². The van der Waals surface area contributed by atoms with E-state index in [4.69, 9.17) is 4.74 Å². The predicted molar refractivity (Wildman–Crippen MR) is 75.9 cm³/mol. The second-order valence-corrected chi connectivity index (χ2v) is 5.19. The monoisotopic (exact) mass is 264 g/mol. The maximum Gasteiger partial charge on any atom is 0.119 e. The summed E-state index contributed by atoms with van der Waals surface area (Å²) < 4.78 is 5.66. The van der Waals surface area contributed by atoms with Gasteiger partial charge in [0.25, 0.3) is 0 Å². The van der Waals surface area contributed by atoms with Crippen molar-refractivity contribution in [3.63, 3.8) is 0 Å². The standard InChI is InChI=1S/C15H24N2O2/c1-3-4-9-19-13-7-5-12(6-8-13)15-11(2)14(10-18)16-17-15/h5-8,11,14-18H,3-4,9-10H2,1-2H3. The molecule has 3 N–H and O–H groups in total. The third-order valence-electron chi connectivity index (χ3n) is 3.79. The van der Waals surface area contributed by atoms with Crippen molar-refractivity contribution in [2.45, 2.75) is 38.8 Å². The number of rotatable bonds is 6. The lowest BCUT2D eigenvalue weighted by molar-refractivity contribution is 0.228. The minimum Gasteiger partial charge on any atom is -0.494 e. The fourth-order valence-electron chi connectivity index (χ4n) is 2.40. The molecule has 0 saturated carbocycles. The largest absolute Gasteiger partial charge is 0.494 e. The van der Waals surface area contributed by atoms with Gasteiger partial charge in [0, 0.05) is 6.04 Å². The number of hydrogen-bond donors (Lipinski definition) is 3. The zero-order valence-corrected chi connectivity index (χ0v) is 11.7. The number of hydrazine groups is 1. The molecule has 0 amide bonds. The van der Waals surface area contributed by atoms with Crippen molar-refractivity contribution in [1.82, 2.24) is 10.9 Å². The lowest BCUT2D eigenvalue weighted by Gasteiger charge is -2.17. The molecule has 0 bridgehead atoms. The van der Waals surface area contributed by atoms with Crippen LogP contribution in [0, 0.1) is 5.92 Å². The van der Waals surface area contributed by atoms with Gasteiger partial charge in [0.15, 0.2) is 0 Å². The van der Waals surface area contributed by atoms with E-state index in [1.54, 1.807) is 0 Å². The van der Waals surface area contributed by atoms with Crippen molar-refractivity contribution in [3.05, 3.63) is 29.8 Å². The Hall–Kier alpha value is -1.10. The van der Waals surface area contributed by atoms with E-state index in [0.29, 0.717) is 5.92 Å². The molecule has 1 aliphatic heterocycles. The van der Waals surface area contributed by atoms with Gasteiger partial charge in [-0.05, 0) is 30.0 Å². The van der Waals surface area contributed by atoms with Crippen LogP contribution < -0.4 is 15.6 Å². The van der Waals surface area contributed by atoms with E-state index in [1.165, 1.54) is 5.56 Å². The Morgan fingerprint density at radius 2 is 1.95 bits per heavy atom. The summed E-state index contributed by atoms with van der Waals surface area (Å²) in [5.41, 5.74) is 7.60. The Kier molecular flexibility index (Phi) is 5.19. The molecule has 0 radical (unpaired) electrons. The Balaban J connectivity index is 1.95. The molecule has 19 heavy (non-hydrogen) atoms. The number of benzene rings is 1. The molecule has 1 saturated heterocycles. The summed E-state index contributed by atoms with van der Waals surface area (Å²) in [6.07, 6.45) is 2.24. The Labute approximate surface area is 115 Å². The van der Waals surface area contributed by atoms with Crippen LogP contribution in [0.4, 0.5) is 0 Å². The van der Waals surface area contributed by atoms with E-state index in [-0.39, 0.29) is 18.7 Å². The van der Waals surface area contributed by atoms with E-state index < -0.39 is 0 Å². The van der Waals surface area contributed by atoms with Gasteiger partial charge in [-0.15, -0.1) is 0 Å². The number of nitrogens with one attached hydrogen (secondary N) is 2. The average molecular weight is 264 g/mol. The predicted octanol–water partition coefficient (Wildman–Crippen LogP) is 2.01. The normalized spacial score (nSPS) is 26.6. The molecule has 0 aliphatic carbocycles. The summed E-state index contributed by atoms with van der Waals surface area (Å²) in [7, 11) is 0. The highest BCUT2D eigenvalue weighted by atomic mass is 16.5. The van der Waals surface area contributed by atoms with Gasteiger partial charge in [0.2, 0.25) is 0 Å². The Bertz CT molecular complexity index is 380. The smallest absolute Gasteiger partial charge is 0.119 e. The first kappa shape index (κ1) is 14.3. The highest BCUT2D eigenvalue weighted by Crippen LogP contribution is 2.29. The minimum absolute atomic E-state index is 0.116. The minimum atomic E-state index is 0.116. The molecule has 1 aromatic carbocycles. The first-order valence-corrected chi connectivity index (χ1v) is 7.11. The molecule has 1 aromatic rings. The zero-order valence-electron chi connectivity index (χ0n) is 11.7. The number of aliphatic hydroxyl groups is 1. The second kappa shape index (κ2) is 6.89. The number of hydrogen-bond acceptors (Lipinski definition) is 4. The van der Waals surface area contributed by atoms with Crippen LogP contribution in [0.25, 0.3) is 0 Å². The fourth-order valence-corrected chi connectivity index (χ4v) is 2.40. The van der Waals surface area contributed by atoms with E-state index >= 15 is 0 Å². The van der Waals surface area contributed by atoms with Crippen LogP contribution in [0.3, 0.4) is 0 Å². The van der Waals surface area contributed by atoms with Crippen LogP contribution in [0.15, 0.2) is 24.3 Å². The molecular formula is C15H24N2O2. The highest BCUT2D eigenvalue weighted by molar-refractivity contribution is 5.30. The van der Waals surface area contributed by atoms with Crippen molar-refractivity contribution in [2.75, 3.05) is 13.2 Å². The van der Waals surface area contributed by atoms with E-state index in [9.17, 15) is 5.11 Å². The quantitative estimate of drug-likeness (QED) is 0.688. The summed E-state index contributed by atoms with van der Waals surface area (Å²) in [4.78, 5) is 0. The number of aliphatic hydroxyl groups excluding tert-OH is 1. The highest BCUT2D eigenvalue weighted by Gasteiger charge is 2.32. The van der Waals surface area contributed by atoms with Crippen LogP contribution in [-0.2, 0) is 0 Å².